The van der Waals surface area contributed by atoms with Crippen LogP contribution in [0, 0.1) is 29.1 Å². The van der Waals surface area contributed by atoms with Gasteiger partial charge in [0, 0.05) is 22.7 Å². The third kappa shape index (κ3) is 1.52. The zero-order valence-electron chi connectivity index (χ0n) is 13.6. The number of carbonyl (C=O) groups is 2. The summed E-state index contributed by atoms with van der Waals surface area (Å²) in [6, 6.07) is 7.91. The first-order valence-electron chi connectivity index (χ1n) is 8.87. The molecular weight excluding hydrogens is 314 g/mol. The molecule has 2 amide bonds. The Hall–Kier alpha value is -2.69. The van der Waals surface area contributed by atoms with Gasteiger partial charge in [-0.3, -0.25) is 9.59 Å². The Morgan fingerprint density at radius 3 is 2.44 bits per heavy atom. The van der Waals surface area contributed by atoms with Crippen molar-refractivity contribution in [2.45, 2.75) is 12.8 Å². The molecule has 0 radical (unpaired) electrons. The molecule has 6 rings (SSSR count). The van der Waals surface area contributed by atoms with Crippen LogP contribution in [0.15, 0.2) is 47.7 Å². The van der Waals surface area contributed by atoms with E-state index in [0.29, 0.717) is 0 Å². The third-order valence-corrected chi connectivity index (χ3v) is 6.76. The Kier molecular flexibility index (Phi) is 2.33. The fourth-order valence-electron chi connectivity index (χ4n) is 5.50. The van der Waals surface area contributed by atoms with Crippen molar-refractivity contribution in [1.29, 1.82) is 0 Å². The molecule has 5 nitrogen and oxygen atoms in total. The van der Waals surface area contributed by atoms with E-state index < -0.39 is 0 Å². The van der Waals surface area contributed by atoms with Crippen LogP contribution in [0.5, 0.6) is 0 Å². The van der Waals surface area contributed by atoms with Gasteiger partial charge < -0.3 is 4.98 Å². The van der Waals surface area contributed by atoms with Gasteiger partial charge in [0.1, 0.15) is 0 Å². The maximum Gasteiger partial charge on any atom is 0.254 e. The number of hydrazone groups is 1. The first-order valence-corrected chi connectivity index (χ1v) is 8.87. The van der Waals surface area contributed by atoms with Crippen molar-refractivity contribution in [3.63, 3.8) is 0 Å². The van der Waals surface area contributed by atoms with Crippen LogP contribution in [0.3, 0.4) is 0 Å². The molecule has 2 aromatic rings. The van der Waals surface area contributed by atoms with Crippen LogP contribution in [0.4, 0.5) is 0 Å². The average molecular weight is 331 g/mol. The number of hydrogen-bond acceptors (Lipinski definition) is 3. The maximum absolute atomic E-state index is 12.9. The van der Waals surface area contributed by atoms with Crippen LogP contribution in [-0.4, -0.2) is 28.0 Å². The second-order valence-corrected chi connectivity index (χ2v) is 7.74. The van der Waals surface area contributed by atoms with Crippen molar-refractivity contribution in [1.82, 2.24) is 9.99 Å². The van der Waals surface area contributed by atoms with Crippen molar-refractivity contribution >= 4 is 28.9 Å². The van der Waals surface area contributed by atoms with Crippen LogP contribution in [0.25, 0.3) is 10.9 Å². The lowest BCUT2D eigenvalue weighted by atomic mass is 9.85. The number of benzene rings is 1. The van der Waals surface area contributed by atoms with Crippen molar-refractivity contribution in [3.8, 4) is 0 Å². The smallest absolute Gasteiger partial charge is 0.254 e. The Bertz CT molecular complexity index is 963. The van der Waals surface area contributed by atoms with E-state index in [-0.39, 0.29) is 40.9 Å². The molecule has 1 aliphatic heterocycles. The number of rotatable bonds is 2. The number of H-pyrrole nitrogens is 1. The van der Waals surface area contributed by atoms with Crippen LogP contribution in [-0.2, 0) is 9.59 Å². The zero-order chi connectivity index (χ0) is 16.8. The van der Waals surface area contributed by atoms with E-state index >= 15 is 0 Å². The highest BCUT2D eigenvalue weighted by molar-refractivity contribution is 6.08. The summed E-state index contributed by atoms with van der Waals surface area (Å²) in [6.07, 6.45) is 10.1. The number of aromatic amines is 1. The molecule has 4 atom stereocenters. The Labute approximate surface area is 144 Å². The van der Waals surface area contributed by atoms with Crippen LogP contribution in [0.1, 0.15) is 18.4 Å². The van der Waals surface area contributed by atoms with Gasteiger partial charge in [0.15, 0.2) is 0 Å². The normalized spacial score (nSPS) is 34.2. The second kappa shape index (κ2) is 4.28. The standard InChI is InChI=1S/C20H17N3O2/c24-18-16-13-5-6-14(20(13)7-8-20)17(16)19(25)23(18)22-10-11-9-21-15-4-2-1-3-12(11)15/h1-6,9-10,13-14,16-17,21H,7-8H2/b22-10+/t13-,14+,16-,17+. The summed E-state index contributed by atoms with van der Waals surface area (Å²) >= 11 is 0. The summed E-state index contributed by atoms with van der Waals surface area (Å²) in [5.74, 6) is -0.127. The second-order valence-electron chi connectivity index (χ2n) is 7.74. The number of hydrogen-bond donors (Lipinski definition) is 1. The van der Waals surface area contributed by atoms with E-state index in [2.05, 4.69) is 22.2 Å². The van der Waals surface area contributed by atoms with Crippen molar-refractivity contribution in [3.05, 3.63) is 48.2 Å². The van der Waals surface area contributed by atoms with Gasteiger partial charge in [-0.15, -0.1) is 0 Å². The number of para-hydroxylation sites is 1. The number of nitrogens with one attached hydrogen (secondary N) is 1. The van der Waals surface area contributed by atoms with Gasteiger partial charge in [-0.2, -0.15) is 10.1 Å². The van der Waals surface area contributed by atoms with Crippen LogP contribution in [0.2, 0.25) is 0 Å². The lowest BCUT2D eigenvalue weighted by Gasteiger charge is -2.18. The fourth-order valence-corrected chi connectivity index (χ4v) is 5.50. The highest BCUT2D eigenvalue weighted by Gasteiger charge is 2.73. The van der Waals surface area contributed by atoms with Crippen LogP contribution >= 0.6 is 0 Å². The maximum atomic E-state index is 12.9. The van der Waals surface area contributed by atoms with E-state index in [1.165, 1.54) is 0 Å². The molecule has 5 heteroatoms. The van der Waals surface area contributed by atoms with Crippen molar-refractivity contribution in [2.24, 2.45) is 34.2 Å². The zero-order valence-corrected chi connectivity index (χ0v) is 13.6. The van der Waals surface area contributed by atoms with Crippen molar-refractivity contribution in [2.75, 3.05) is 0 Å². The van der Waals surface area contributed by atoms with Crippen LogP contribution < -0.4 is 0 Å². The van der Waals surface area contributed by atoms with E-state index in [9.17, 15) is 9.59 Å². The molecule has 4 aliphatic rings. The molecule has 1 spiro atoms. The van der Waals surface area contributed by atoms with Gasteiger partial charge in [-0.05, 0) is 36.2 Å². The molecule has 2 saturated carbocycles. The minimum absolute atomic E-state index is 0.116. The highest BCUT2D eigenvalue weighted by Crippen LogP contribution is 2.73. The van der Waals surface area contributed by atoms with Gasteiger partial charge in [-0.25, -0.2) is 0 Å². The van der Waals surface area contributed by atoms with Gasteiger partial charge in [0.25, 0.3) is 11.8 Å². The molecule has 124 valence electrons. The van der Waals surface area contributed by atoms with E-state index in [0.717, 1.165) is 34.3 Å². The molecule has 1 N–H and O–H groups in total. The van der Waals surface area contributed by atoms with E-state index in [1.807, 2.05) is 30.5 Å². The van der Waals surface area contributed by atoms with Gasteiger partial charge in [-0.1, -0.05) is 30.4 Å². The molecule has 0 unspecified atom stereocenters. The molecule has 1 aromatic carbocycles. The molecule has 2 heterocycles. The number of imide groups is 1. The van der Waals surface area contributed by atoms with Crippen molar-refractivity contribution < 1.29 is 9.59 Å². The summed E-state index contributed by atoms with van der Waals surface area (Å²) in [5, 5.41) is 6.44. The topological polar surface area (TPSA) is 65.5 Å². The van der Waals surface area contributed by atoms with E-state index in [4.69, 9.17) is 0 Å². The lowest BCUT2D eigenvalue weighted by molar-refractivity contribution is -0.141. The molecule has 25 heavy (non-hydrogen) atoms. The average Bonchev–Trinajstić information content (AvgIpc) is 3.00. The van der Waals surface area contributed by atoms with Gasteiger partial charge in [0.2, 0.25) is 0 Å². The minimum atomic E-state index is -0.190. The third-order valence-electron chi connectivity index (χ3n) is 6.76. The largest absolute Gasteiger partial charge is 0.361 e. The lowest BCUT2D eigenvalue weighted by Crippen LogP contribution is -2.30. The quantitative estimate of drug-likeness (QED) is 0.522. The number of carbonyl (C=O) groups excluding carboxylic acids is 2. The molecule has 3 aliphatic carbocycles. The summed E-state index contributed by atoms with van der Waals surface area (Å²) in [5.41, 5.74) is 2.12. The molecule has 1 aromatic heterocycles. The van der Waals surface area contributed by atoms with Gasteiger partial charge >= 0.3 is 0 Å². The Balaban J connectivity index is 1.34. The summed E-state index contributed by atoms with van der Waals surface area (Å²) < 4.78 is 0. The number of allylic oxidation sites excluding steroid dienone is 2. The monoisotopic (exact) mass is 331 g/mol. The summed E-state index contributed by atoms with van der Waals surface area (Å²) in [4.78, 5) is 28.9. The predicted octanol–water partition coefficient (Wildman–Crippen LogP) is 2.70. The minimum Gasteiger partial charge on any atom is -0.361 e. The molecule has 1 saturated heterocycles. The number of aromatic nitrogens is 1. The first kappa shape index (κ1) is 13.6. The highest BCUT2D eigenvalue weighted by atomic mass is 16.2. The predicted molar refractivity (Wildman–Crippen MR) is 92.5 cm³/mol. The number of nitrogens with zero attached hydrogens (tertiary/aromatic N) is 2. The Morgan fingerprint density at radius 1 is 1.08 bits per heavy atom. The molecule has 2 bridgehead atoms. The summed E-state index contributed by atoms with van der Waals surface area (Å²) in [7, 11) is 0. The number of amides is 2. The summed E-state index contributed by atoms with van der Waals surface area (Å²) in [6.45, 7) is 0. The van der Waals surface area contributed by atoms with Gasteiger partial charge in [0.05, 0.1) is 18.1 Å². The fraction of sp³-hybridized carbons (Fsp3) is 0.350. The van der Waals surface area contributed by atoms with E-state index in [1.54, 1.807) is 6.21 Å². The Morgan fingerprint density at radius 2 is 1.76 bits per heavy atom. The SMILES string of the molecule is O=C1[C@@H]2[C@H](C(=O)N1/N=C/c1c[nH]c3ccccc13)[C@H]1C=C[C@@H]2C12CC2. The first-order chi connectivity index (χ1) is 12.2. The molecular formula is C20H17N3O2. The number of fused-ring (bicyclic) bond motifs is 4. The molecule has 3 fully saturated rings.